The molecule has 82 valence electrons. The molecule has 2 heterocycles. The molecule has 0 atom stereocenters. The minimum absolute atomic E-state index is 0.0865. The average Bonchev–Trinajstić information content (AvgIpc) is 2.80. The number of hydrogen-bond acceptors (Lipinski definition) is 3. The first-order valence-corrected chi connectivity index (χ1v) is 6.16. The summed E-state index contributed by atoms with van der Waals surface area (Å²) in [5.74, 6) is 0.905. The van der Waals surface area contributed by atoms with Crippen LogP contribution in [0.1, 0.15) is 12.8 Å². The van der Waals surface area contributed by atoms with E-state index in [0.717, 1.165) is 24.1 Å². The molecule has 1 fully saturated rings. The fraction of sp³-hybridized carbons (Fsp3) is 0.273. The third-order valence-electron chi connectivity index (χ3n) is 2.61. The number of nitrogens with zero attached hydrogens (tertiary/aromatic N) is 1. The number of amides is 1. The fourth-order valence-corrected chi connectivity index (χ4v) is 2.18. The number of aromatic nitrogens is 2. The molecule has 5 heteroatoms. The normalized spacial score (nSPS) is 15.0. The van der Waals surface area contributed by atoms with Gasteiger partial charge in [-0.15, -0.1) is 0 Å². The molecule has 1 aliphatic rings. The Morgan fingerprint density at radius 1 is 1.56 bits per heavy atom. The standard InChI is InChI=1S/C11H11N3OS/c15-11(7-1-2-7)12-10-5-9(13-14-10)8-3-4-16-6-8/h3-7H,1-2H2,(H2,12,13,14,15). The van der Waals surface area contributed by atoms with Crippen LogP contribution in [0.25, 0.3) is 11.3 Å². The summed E-state index contributed by atoms with van der Waals surface area (Å²) in [6, 6.07) is 3.88. The van der Waals surface area contributed by atoms with Crippen molar-refractivity contribution in [3.05, 3.63) is 22.9 Å². The van der Waals surface area contributed by atoms with Gasteiger partial charge in [-0.1, -0.05) is 0 Å². The van der Waals surface area contributed by atoms with Crippen molar-refractivity contribution in [2.75, 3.05) is 5.32 Å². The summed E-state index contributed by atoms with van der Waals surface area (Å²) in [7, 11) is 0. The van der Waals surface area contributed by atoms with E-state index in [2.05, 4.69) is 15.5 Å². The van der Waals surface area contributed by atoms with E-state index in [-0.39, 0.29) is 11.8 Å². The van der Waals surface area contributed by atoms with Gasteiger partial charge in [-0.3, -0.25) is 9.89 Å². The zero-order valence-electron chi connectivity index (χ0n) is 8.56. The van der Waals surface area contributed by atoms with Crippen LogP contribution in [0, 0.1) is 5.92 Å². The van der Waals surface area contributed by atoms with E-state index in [0.29, 0.717) is 5.82 Å². The topological polar surface area (TPSA) is 57.8 Å². The molecule has 16 heavy (non-hydrogen) atoms. The van der Waals surface area contributed by atoms with Crippen molar-refractivity contribution in [1.82, 2.24) is 10.2 Å². The van der Waals surface area contributed by atoms with Crippen LogP contribution >= 0.6 is 11.3 Å². The number of rotatable bonds is 3. The molecule has 2 aromatic rings. The van der Waals surface area contributed by atoms with E-state index in [1.54, 1.807) is 11.3 Å². The summed E-state index contributed by atoms with van der Waals surface area (Å²) >= 11 is 1.64. The van der Waals surface area contributed by atoms with Gasteiger partial charge in [-0.2, -0.15) is 16.4 Å². The molecule has 3 rings (SSSR count). The van der Waals surface area contributed by atoms with Crippen molar-refractivity contribution >= 4 is 23.1 Å². The molecule has 1 amide bonds. The van der Waals surface area contributed by atoms with Crippen LogP contribution in [0.3, 0.4) is 0 Å². The minimum atomic E-state index is 0.0865. The summed E-state index contributed by atoms with van der Waals surface area (Å²) in [6.07, 6.45) is 2.02. The second-order valence-corrected chi connectivity index (χ2v) is 4.72. The van der Waals surface area contributed by atoms with Gasteiger partial charge in [-0.05, 0) is 24.3 Å². The largest absolute Gasteiger partial charge is 0.309 e. The van der Waals surface area contributed by atoms with Crippen molar-refractivity contribution in [3.63, 3.8) is 0 Å². The zero-order chi connectivity index (χ0) is 11.0. The van der Waals surface area contributed by atoms with Crippen molar-refractivity contribution in [3.8, 4) is 11.3 Å². The van der Waals surface area contributed by atoms with Gasteiger partial charge in [0.2, 0.25) is 5.91 Å². The van der Waals surface area contributed by atoms with Crippen LogP contribution in [0.2, 0.25) is 0 Å². The lowest BCUT2D eigenvalue weighted by Gasteiger charge is -1.97. The van der Waals surface area contributed by atoms with Gasteiger partial charge in [0.1, 0.15) is 0 Å². The number of carbonyl (C=O) groups excluding carboxylic acids is 1. The molecular formula is C11H11N3OS. The Kier molecular flexibility index (Phi) is 2.25. The number of nitrogens with one attached hydrogen (secondary N) is 2. The van der Waals surface area contributed by atoms with Gasteiger partial charge < -0.3 is 5.32 Å². The maximum atomic E-state index is 11.5. The molecule has 1 aliphatic carbocycles. The molecule has 0 unspecified atom stereocenters. The van der Waals surface area contributed by atoms with Gasteiger partial charge in [-0.25, -0.2) is 0 Å². The molecule has 0 saturated heterocycles. The first-order valence-electron chi connectivity index (χ1n) is 5.22. The summed E-state index contributed by atoms with van der Waals surface area (Å²) in [5.41, 5.74) is 2.04. The Labute approximate surface area is 96.7 Å². The highest BCUT2D eigenvalue weighted by atomic mass is 32.1. The van der Waals surface area contributed by atoms with Crippen LogP contribution in [0.4, 0.5) is 5.82 Å². The number of hydrogen-bond donors (Lipinski definition) is 2. The summed E-state index contributed by atoms with van der Waals surface area (Å²) in [4.78, 5) is 11.5. The number of carbonyl (C=O) groups is 1. The van der Waals surface area contributed by atoms with Gasteiger partial charge >= 0.3 is 0 Å². The van der Waals surface area contributed by atoms with Crippen molar-refractivity contribution in [1.29, 1.82) is 0 Å². The van der Waals surface area contributed by atoms with E-state index in [4.69, 9.17) is 0 Å². The van der Waals surface area contributed by atoms with Crippen LogP contribution in [0.5, 0.6) is 0 Å². The lowest BCUT2D eigenvalue weighted by molar-refractivity contribution is -0.117. The molecule has 0 aliphatic heterocycles. The lowest BCUT2D eigenvalue weighted by atomic mass is 10.2. The van der Waals surface area contributed by atoms with Crippen LogP contribution in [0.15, 0.2) is 22.9 Å². The number of thiophene rings is 1. The first kappa shape index (κ1) is 9.59. The molecule has 2 N–H and O–H groups in total. The Hall–Kier alpha value is -1.62. The van der Waals surface area contributed by atoms with E-state index < -0.39 is 0 Å². The van der Waals surface area contributed by atoms with E-state index in [9.17, 15) is 4.79 Å². The minimum Gasteiger partial charge on any atom is -0.309 e. The van der Waals surface area contributed by atoms with Crippen LogP contribution in [-0.2, 0) is 4.79 Å². The predicted octanol–water partition coefficient (Wildman–Crippen LogP) is 2.49. The third-order valence-corrected chi connectivity index (χ3v) is 3.29. The quantitative estimate of drug-likeness (QED) is 0.855. The summed E-state index contributed by atoms with van der Waals surface area (Å²) in [6.45, 7) is 0. The first-order chi connectivity index (χ1) is 7.83. The number of H-pyrrole nitrogens is 1. The highest BCUT2D eigenvalue weighted by molar-refractivity contribution is 7.08. The highest BCUT2D eigenvalue weighted by Crippen LogP contribution is 2.30. The molecular weight excluding hydrogens is 222 g/mol. The Morgan fingerprint density at radius 2 is 2.44 bits per heavy atom. The van der Waals surface area contributed by atoms with Crippen LogP contribution < -0.4 is 5.32 Å². The van der Waals surface area contributed by atoms with Crippen molar-refractivity contribution in [2.24, 2.45) is 5.92 Å². The Morgan fingerprint density at radius 3 is 3.12 bits per heavy atom. The Bertz CT molecular complexity index is 499. The maximum Gasteiger partial charge on any atom is 0.228 e. The van der Waals surface area contributed by atoms with E-state index >= 15 is 0 Å². The number of aromatic amines is 1. The molecule has 0 radical (unpaired) electrons. The predicted molar refractivity (Wildman–Crippen MR) is 63.3 cm³/mol. The third kappa shape index (κ3) is 1.86. The lowest BCUT2D eigenvalue weighted by Crippen LogP contribution is -2.13. The second kappa shape index (κ2) is 3.75. The molecule has 4 nitrogen and oxygen atoms in total. The maximum absolute atomic E-state index is 11.5. The SMILES string of the molecule is O=C(Nc1cc(-c2ccsc2)[nH]n1)C1CC1. The average molecular weight is 233 g/mol. The molecule has 2 aromatic heterocycles. The monoisotopic (exact) mass is 233 g/mol. The second-order valence-electron chi connectivity index (χ2n) is 3.94. The van der Waals surface area contributed by atoms with Crippen molar-refractivity contribution < 1.29 is 4.79 Å². The van der Waals surface area contributed by atoms with Gasteiger partial charge in [0, 0.05) is 22.9 Å². The summed E-state index contributed by atoms with van der Waals surface area (Å²) in [5, 5.41) is 13.8. The molecule has 0 aromatic carbocycles. The van der Waals surface area contributed by atoms with Crippen molar-refractivity contribution in [2.45, 2.75) is 12.8 Å². The molecule has 0 spiro atoms. The molecule has 0 bridgehead atoms. The zero-order valence-corrected chi connectivity index (χ0v) is 9.38. The van der Waals surface area contributed by atoms with E-state index in [1.165, 1.54) is 0 Å². The van der Waals surface area contributed by atoms with E-state index in [1.807, 2.05) is 22.9 Å². The summed E-state index contributed by atoms with van der Waals surface area (Å²) < 4.78 is 0. The van der Waals surface area contributed by atoms with Gasteiger partial charge in [0.25, 0.3) is 0 Å². The van der Waals surface area contributed by atoms with Gasteiger partial charge in [0.05, 0.1) is 5.69 Å². The molecule has 1 saturated carbocycles. The smallest absolute Gasteiger partial charge is 0.228 e. The number of anilines is 1. The Balaban J connectivity index is 1.75. The highest BCUT2D eigenvalue weighted by Gasteiger charge is 2.29. The van der Waals surface area contributed by atoms with Crippen LogP contribution in [-0.4, -0.2) is 16.1 Å². The fourth-order valence-electron chi connectivity index (χ4n) is 1.53. The van der Waals surface area contributed by atoms with Gasteiger partial charge in [0.15, 0.2) is 5.82 Å².